The summed E-state index contributed by atoms with van der Waals surface area (Å²) in [5.74, 6) is -0.194. The Bertz CT molecular complexity index is 758. The third-order valence-electron chi connectivity index (χ3n) is 3.56. The molecule has 0 radical (unpaired) electrons. The molecule has 1 heterocycles. The molecule has 0 aliphatic heterocycles. The van der Waals surface area contributed by atoms with Crippen LogP contribution in [0.5, 0.6) is 0 Å². The Morgan fingerprint density at radius 2 is 1.88 bits per heavy atom. The third kappa shape index (κ3) is 4.32. The van der Waals surface area contributed by atoms with Gasteiger partial charge >= 0.3 is 0 Å². The van der Waals surface area contributed by atoms with Crippen molar-refractivity contribution in [2.24, 2.45) is 7.05 Å². The number of carbonyl (C=O) groups excluding carboxylic acids is 2. The van der Waals surface area contributed by atoms with Crippen molar-refractivity contribution in [2.75, 3.05) is 12.4 Å². The van der Waals surface area contributed by atoms with Crippen LogP contribution in [0.15, 0.2) is 36.5 Å². The van der Waals surface area contributed by atoms with Crippen LogP contribution in [0.4, 0.5) is 5.69 Å². The molecule has 6 nitrogen and oxygen atoms in total. The van der Waals surface area contributed by atoms with Crippen LogP contribution in [0, 0.1) is 0 Å². The van der Waals surface area contributed by atoms with E-state index in [1.54, 1.807) is 19.3 Å². The maximum atomic E-state index is 12.1. The Balaban J connectivity index is 2.07. The molecule has 6 heteroatoms. The molecule has 1 aromatic heterocycles. The highest BCUT2D eigenvalue weighted by molar-refractivity contribution is 6.06. The zero-order chi connectivity index (χ0) is 17.7. The molecule has 1 aromatic carbocycles. The fourth-order valence-corrected chi connectivity index (χ4v) is 2.20. The van der Waals surface area contributed by atoms with E-state index in [1.165, 1.54) is 23.4 Å². The Hall–Kier alpha value is -2.89. The maximum absolute atomic E-state index is 12.1. The summed E-state index contributed by atoms with van der Waals surface area (Å²) < 4.78 is 1.48. The number of anilines is 1. The SMILES string of the molecule is CNC(=O)c1nn(C)cc1NC(=O)/C=C/c1ccc(C(C)C)cc1. The minimum atomic E-state index is -0.348. The van der Waals surface area contributed by atoms with Gasteiger partial charge < -0.3 is 10.6 Å². The lowest BCUT2D eigenvalue weighted by Crippen LogP contribution is -2.21. The second-order valence-corrected chi connectivity index (χ2v) is 5.79. The van der Waals surface area contributed by atoms with Crippen LogP contribution >= 0.6 is 0 Å². The summed E-state index contributed by atoms with van der Waals surface area (Å²) in [4.78, 5) is 23.8. The standard InChI is InChI=1S/C18H22N4O2/c1-12(2)14-8-5-13(6-9-14)7-10-16(23)20-15-11-22(4)21-17(15)18(24)19-3/h5-12H,1-4H3,(H,19,24)(H,20,23)/b10-7+. The largest absolute Gasteiger partial charge is 0.354 e. The van der Waals surface area contributed by atoms with Gasteiger partial charge in [0.2, 0.25) is 5.91 Å². The van der Waals surface area contributed by atoms with Gasteiger partial charge in [-0.05, 0) is 23.1 Å². The lowest BCUT2D eigenvalue weighted by molar-refractivity contribution is -0.111. The predicted octanol–water partition coefficient (Wildman–Crippen LogP) is 2.56. The van der Waals surface area contributed by atoms with E-state index in [1.807, 2.05) is 24.3 Å². The van der Waals surface area contributed by atoms with Gasteiger partial charge in [-0.2, -0.15) is 5.10 Å². The monoisotopic (exact) mass is 326 g/mol. The molecular formula is C18H22N4O2. The highest BCUT2D eigenvalue weighted by atomic mass is 16.2. The Labute approximate surface area is 141 Å². The minimum Gasteiger partial charge on any atom is -0.354 e. The van der Waals surface area contributed by atoms with E-state index in [2.05, 4.69) is 29.6 Å². The number of amides is 2. The Morgan fingerprint density at radius 3 is 2.46 bits per heavy atom. The van der Waals surface area contributed by atoms with E-state index >= 15 is 0 Å². The molecule has 0 fully saturated rings. The van der Waals surface area contributed by atoms with Crippen molar-refractivity contribution in [3.63, 3.8) is 0 Å². The molecule has 24 heavy (non-hydrogen) atoms. The molecular weight excluding hydrogens is 304 g/mol. The molecule has 2 aromatic rings. The normalized spacial score (nSPS) is 11.0. The van der Waals surface area contributed by atoms with Crippen LogP contribution in [-0.2, 0) is 11.8 Å². The number of hydrogen-bond donors (Lipinski definition) is 2. The average Bonchev–Trinajstić information content (AvgIpc) is 2.92. The summed E-state index contributed by atoms with van der Waals surface area (Å²) in [5.41, 5.74) is 2.75. The van der Waals surface area contributed by atoms with E-state index < -0.39 is 0 Å². The highest BCUT2D eigenvalue weighted by Crippen LogP contribution is 2.16. The first kappa shape index (κ1) is 17.5. The van der Waals surface area contributed by atoms with E-state index in [0.29, 0.717) is 11.6 Å². The molecule has 0 aliphatic rings. The first-order valence-electron chi connectivity index (χ1n) is 7.75. The molecule has 0 saturated carbocycles. The number of carbonyl (C=O) groups is 2. The molecule has 126 valence electrons. The topological polar surface area (TPSA) is 76.0 Å². The number of nitrogens with zero attached hydrogens (tertiary/aromatic N) is 2. The van der Waals surface area contributed by atoms with Gasteiger partial charge in [-0.3, -0.25) is 14.3 Å². The van der Waals surface area contributed by atoms with Gasteiger partial charge in [-0.25, -0.2) is 0 Å². The molecule has 0 atom stereocenters. The summed E-state index contributed by atoms with van der Waals surface area (Å²) in [7, 11) is 3.21. The van der Waals surface area contributed by atoms with Crippen LogP contribution in [0.2, 0.25) is 0 Å². The molecule has 0 unspecified atom stereocenters. The second-order valence-electron chi connectivity index (χ2n) is 5.79. The van der Waals surface area contributed by atoms with Crippen LogP contribution in [0.1, 0.15) is 41.4 Å². The maximum Gasteiger partial charge on any atom is 0.273 e. The number of aromatic nitrogens is 2. The van der Waals surface area contributed by atoms with Crippen molar-refractivity contribution in [1.82, 2.24) is 15.1 Å². The number of aryl methyl sites for hydroxylation is 1. The highest BCUT2D eigenvalue weighted by Gasteiger charge is 2.15. The molecule has 0 aliphatic carbocycles. The second kappa shape index (κ2) is 7.59. The number of hydrogen-bond acceptors (Lipinski definition) is 3. The van der Waals surface area contributed by atoms with Gasteiger partial charge in [0.15, 0.2) is 5.69 Å². The average molecular weight is 326 g/mol. The fraction of sp³-hybridized carbons (Fsp3) is 0.278. The van der Waals surface area contributed by atoms with Gasteiger partial charge in [-0.15, -0.1) is 0 Å². The van der Waals surface area contributed by atoms with Crippen LogP contribution in [0.25, 0.3) is 6.08 Å². The first-order valence-corrected chi connectivity index (χ1v) is 7.75. The lowest BCUT2D eigenvalue weighted by Gasteiger charge is -2.04. The van der Waals surface area contributed by atoms with E-state index in [-0.39, 0.29) is 17.5 Å². The molecule has 2 N–H and O–H groups in total. The van der Waals surface area contributed by atoms with Crippen LogP contribution in [0.3, 0.4) is 0 Å². The van der Waals surface area contributed by atoms with E-state index in [0.717, 1.165) is 5.56 Å². The molecule has 2 rings (SSSR count). The quantitative estimate of drug-likeness (QED) is 0.829. The summed E-state index contributed by atoms with van der Waals surface area (Å²) in [6.07, 6.45) is 4.76. The molecule has 0 bridgehead atoms. The zero-order valence-corrected chi connectivity index (χ0v) is 14.3. The van der Waals surface area contributed by atoms with Gasteiger partial charge in [0.1, 0.15) is 0 Å². The van der Waals surface area contributed by atoms with Gasteiger partial charge in [0.05, 0.1) is 5.69 Å². The van der Waals surface area contributed by atoms with Crippen molar-refractivity contribution in [3.8, 4) is 0 Å². The van der Waals surface area contributed by atoms with Crippen LogP contribution < -0.4 is 10.6 Å². The van der Waals surface area contributed by atoms with Crippen molar-refractivity contribution < 1.29 is 9.59 Å². The van der Waals surface area contributed by atoms with Gasteiger partial charge in [0.25, 0.3) is 5.91 Å². The van der Waals surface area contributed by atoms with Gasteiger partial charge in [-0.1, -0.05) is 38.1 Å². The van der Waals surface area contributed by atoms with Crippen LogP contribution in [-0.4, -0.2) is 28.6 Å². The smallest absolute Gasteiger partial charge is 0.273 e. The van der Waals surface area contributed by atoms with Crippen molar-refractivity contribution >= 4 is 23.6 Å². The fourth-order valence-electron chi connectivity index (χ4n) is 2.20. The molecule has 0 spiro atoms. The Kier molecular flexibility index (Phi) is 5.52. The van der Waals surface area contributed by atoms with Crippen molar-refractivity contribution in [1.29, 1.82) is 0 Å². The van der Waals surface area contributed by atoms with Crippen molar-refractivity contribution in [3.05, 3.63) is 53.4 Å². The number of nitrogens with one attached hydrogen (secondary N) is 2. The third-order valence-corrected chi connectivity index (χ3v) is 3.56. The molecule has 2 amide bonds. The van der Waals surface area contributed by atoms with E-state index in [9.17, 15) is 9.59 Å². The van der Waals surface area contributed by atoms with Crippen molar-refractivity contribution in [2.45, 2.75) is 19.8 Å². The number of rotatable bonds is 5. The summed E-state index contributed by atoms with van der Waals surface area (Å²) in [5, 5.41) is 9.22. The Morgan fingerprint density at radius 1 is 1.21 bits per heavy atom. The predicted molar refractivity (Wildman–Crippen MR) is 94.8 cm³/mol. The minimum absolute atomic E-state index is 0.183. The molecule has 0 saturated heterocycles. The summed E-state index contributed by atoms with van der Waals surface area (Å²) >= 11 is 0. The summed E-state index contributed by atoms with van der Waals surface area (Å²) in [6, 6.07) is 8.04. The number of benzene rings is 1. The first-order chi connectivity index (χ1) is 11.4. The lowest BCUT2D eigenvalue weighted by atomic mass is 10.0. The summed E-state index contributed by atoms with van der Waals surface area (Å²) in [6.45, 7) is 4.27. The van der Waals surface area contributed by atoms with E-state index in [4.69, 9.17) is 0 Å². The van der Waals surface area contributed by atoms with Gasteiger partial charge in [0, 0.05) is 26.4 Å². The zero-order valence-electron chi connectivity index (χ0n) is 14.3.